The zero-order valence-corrected chi connectivity index (χ0v) is 20.6. The molecule has 34 heavy (non-hydrogen) atoms. The van der Waals surface area contributed by atoms with Gasteiger partial charge in [0.05, 0.1) is 17.6 Å². The summed E-state index contributed by atoms with van der Waals surface area (Å²) in [7, 11) is 0. The summed E-state index contributed by atoms with van der Waals surface area (Å²) < 4.78 is 1.66. The van der Waals surface area contributed by atoms with Crippen LogP contribution >= 0.6 is 11.6 Å². The molecular weight excluding hydrogens is 448 g/mol. The van der Waals surface area contributed by atoms with E-state index in [1.54, 1.807) is 4.68 Å². The minimum Gasteiger partial charge on any atom is -0.356 e. The summed E-state index contributed by atoms with van der Waals surface area (Å²) in [6.07, 6.45) is 5.10. The lowest BCUT2D eigenvalue weighted by molar-refractivity contribution is -0.121. The number of hydrogen-bond donors (Lipinski definition) is 1. The van der Waals surface area contributed by atoms with E-state index in [4.69, 9.17) is 16.7 Å². The molecule has 1 N–H and O–H groups in total. The number of amides is 1. The van der Waals surface area contributed by atoms with Crippen LogP contribution in [0.2, 0.25) is 5.02 Å². The molecule has 1 amide bonds. The van der Waals surface area contributed by atoms with Crippen molar-refractivity contribution < 1.29 is 4.79 Å². The highest BCUT2D eigenvalue weighted by atomic mass is 35.5. The molecule has 0 radical (unpaired) electrons. The molecule has 4 rings (SSSR count). The molecule has 1 atom stereocenters. The number of aromatic nitrogens is 2. The van der Waals surface area contributed by atoms with E-state index in [0.717, 1.165) is 62.0 Å². The summed E-state index contributed by atoms with van der Waals surface area (Å²) in [6.45, 7) is 5.23. The number of likely N-dealkylation sites (tertiary alicyclic amines) is 1. The molecule has 2 heterocycles. The Morgan fingerprint density at radius 3 is 2.68 bits per heavy atom. The fourth-order valence-electron chi connectivity index (χ4n) is 4.75. The van der Waals surface area contributed by atoms with E-state index in [-0.39, 0.29) is 17.5 Å². The zero-order valence-electron chi connectivity index (χ0n) is 19.8. The average Bonchev–Trinajstić information content (AvgIpc) is 3.29. The quantitative estimate of drug-likeness (QED) is 0.466. The second-order valence-corrected chi connectivity index (χ2v) is 9.50. The minimum atomic E-state index is -0.0405. The summed E-state index contributed by atoms with van der Waals surface area (Å²) in [6, 6.07) is 15.8. The number of fused-ring (bicyclic) bond motifs is 1. The summed E-state index contributed by atoms with van der Waals surface area (Å²) in [5.41, 5.74) is 1.96. The van der Waals surface area contributed by atoms with Crippen LogP contribution < -0.4 is 10.9 Å². The second kappa shape index (κ2) is 11.6. The topological polar surface area (TPSA) is 67.2 Å². The van der Waals surface area contributed by atoms with Crippen molar-refractivity contribution in [3.05, 3.63) is 75.2 Å². The fourth-order valence-corrected chi connectivity index (χ4v) is 4.87. The minimum absolute atomic E-state index is 0.0405. The van der Waals surface area contributed by atoms with Gasteiger partial charge >= 0.3 is 0 Å². The maximum absolute atomic E-state index is 13.3. The van der Waals surface area contributed by atoms with Crippen molar-refractivity contribution in [3.63, 3.8) is 0 Å². The number of carbonyl (C=O) groups excluding carboxylic acids is 1. The Hall–Kier alpha value is -2.70. The molecule has 0 unspecified atom stereocenters. The number of carbonyl (C=O) groups is 1. The van der Waals surface area contributed by atoms with E-state index >= 15 is 0 Å². The van der Waals surface area contributed by atoms with Gasteiger partial charge in [0.25, 0.3) is 5.56 Å². The number of benzene rings is 2. The van der Waals surface area contributed by atoms with E-state index in [1.165, 1.54) is 0 Å². The van der Waals surface area contributed by atoms with Crippen molar-refractivity contribution in [2.24, 2.45) is 0 Å². The van der Waals surface area contributed by atoms with E-state index < -0.39 is 0 Å². The Morgan fingerprint density at radius 2 is 1.91 bits per heavy atom. The van der Waals surface area contributed by atoms with Crippen LogP contribution in [0.4, 0.5) is 0 Å². The van der Waals surface area contributed by atoms with Gasteiger partial charge in [-0.2, -0.15) is 5.10 Å². The van der Waals surface area contributed by atoms with Crippen molar-refractivity contribution in [1.29, 1.82) is 0 Å². The SMILES string of the molecule is CCCNC(=O)CCCN1CCC[C@@H]1Cn1nc(Cc2ccc(Cl)cc2)c2ccccc2c1=O. The molecular formula is C27H33ClN4O2. The lowest BCUT2D eigenvalue weighted by Gasteiger charge is -2.25. The zero-order chi connectivity index (χ0) is 23.9. The van der Waals surface area contributed by atoms with Gasteiger partial charge in [-0.3, -0.25) is 14.5 Å². The third-order valence-electron chi connectivity index (χ3n) is 6.53. The first-order chi connectivity index (χ1) is 16.5. The molecule has 1 aromatic heterocycles. The lowest BCUT2D eigenvalue weighted by Crippen LogP contribution is -2.38. The molecule has 0 saturated carbocycles. The van der Waals surface area contributed by atoms with Crippen LogP contribution in [0.15, 0.2) is 53.3 Å². The van der Waals surface area contributed by atoms with Crippen LogP contribution in [0, 0.1) is 0 Å². The molecule has 0 spiro atoms. The molecule has 0 bridgehead atoms. The van der Waals surface area contributed by atoms with Gasteiger partial charge in [0.15, 0.2) is 0 Å². The molecule has 7 heteroatoms. The summed E-state index contributed by atoms with van der Waals surface area (Å²) in [5, 5.41) is 10.1. The fraction of sp³-hybridized carbons (Fsp3) is 0.444. The number of halogens is 1. The van der Waals surface area contributed by atoms with Gasteiger partial charge in [0, 0.05) is 35.8 Å². The number of nitrogens with one attached hydrogen (secondary N) is 1. The van der Waals surface area contributed by atoms with Crippen molar-refractivity contribution in [2.75, 3.05) is 19.6 Å². The van der Waals surface area contributed by atoms with Gasteiger partial charge in [0.1, 0.15) is 0 Å². The van der Waals surface area contributed by atoms with E-state index in [2.05, 4.69) is 17.1 Å². The van der Waals surface area contributed by atoms with Crippen LogP contribution in [0.1, 0.15) is 50.3 Å². The molecule has 6 nitrogen and oxygen atoms in total. The number of nitrogens with zero attached hydrogens (tertiary/aromatic N) is 3. The molecule has 1 aliphatic rings. The van der Waals surface area contributed by atoms with E-state index in [1.807, 2.05) is 48.5 Å². The summed E-state index contributed by atoms with van der Waals surface area (Å²) in [5.74, 6) is 0.122. The molecule has 1 saturated heterocycles. The van der Waals surface area contributed by atoms with Gasteiger partial charge in [0.2, 0.25) is 5.91 Å². The van der Waals surface area contributed by atoms with Gasteiger partial charge in [-0.15, -0.1) is 0 Å². The lowest BCUT2D eigenvalue weighted by atomic mass is 10.0. The monoisotopic (exact) mass is 480 g/mol. The highest BCUT2D eigenvalue weighted by Crippen LogP contribution is 2.21. The highest BCUT2D eigenvalue weighted by Gasteiger charge is 2.26. The maximum atomic E-state index is 13.3. The van der Waals surface area contributed by atoms with Crippen LogP contribution in [0.5, 0.6) is 0 Å². The normalized spacial score (nSPS) is 16.2. The Bertz CT molecular complexity index is 1180. The van der Waals surface area contributed by atoms with Crippen molar-refractivity contribution in [2.45, 2.75) is 58.0 Å². The molecule has 3 aromatic rings. The van der Waals surface area contributed by atoms with Crippen LogP contribution in [0.3, 0.4) is 0 Å². The Balaban J connectivity index is 1.50. The molecule has 1 aliphatic heterocycles. The predicted molar refractivity (Wildman–Crippen MR) is 137 cm³/mol. The predicted octanol–water partition coefficient (Wildman–Crippen LogP) is 4.41. The number of hydrogen-bond acceptors (Lipinski definition) is 4. The molecule has 0 aliphatic carbocycles. The van der Waals surface area contributed by atoms with E-state index in [9.17, 15) is 9.59 Å². The first-order valence-electron chi connectivity index (χ1n) is 12.3. The number of rotatable bonds is 10. The third kappa shape index (κ3) is 6.05. The smallest absolute Gasteiger partial charge is 0.274 e. The molecule has 180 valence electrons. The largest absolute Gasteiger partial charge is 0.356 e. The van der Waals surface area contributed by atoms with Gasteiger partial charge < -0.3 is 5.32 Å². The Labute approximate surface area is 205 Å². The highest BCUT2D eigenvalue weighted by molar-refractivity contribution is 6.30. The van der Waals surface area contributed by atoms with Crippen molar-refractivity contribution in [3.8, 4) is 0 Å². The summed E-state index contributed by atoms with van der Waals surface area (Å²) >= 11 is 6.05. The first kappa shape index (κ1) is 24.4. The van der Waals surface area contributed by atoms with E-state index in [0.29, 0.717) is 29.8 Å². The van der Waals surface area contributed by atoms with Gasteiger partial charge in [-0.05, 0) is 62.5 Å². The molecule has 2 aromatic carbocycles. The standard InChI is InChI=1S/C27H33ClN4O2/c1-2-15-29-26(33)10-6-17-31-16-5-7-22(31)19-32-27(34)24-9-4-3-8-23(24)25(30-32)18-20-11-13-21(28)14-12-20/h3-4,8-9,11-14,22H,2,5-7,10,15-19H2,1H3,(H,29,33)/t22-/m1/s1. The first-order valence-corrected chi connectivity index (χ1v) is 12.7. The Morgan fingerprint density at radius 1 is 1.15 bits per heavy atom. The summed E-state index contributed by atoms with van der Waals surface area (Å²) in [4.78, 5) is 27.6. The van der Waals surface area contributed by atoms with Crippen LogP contribution in [0.25, 0.3) is 10.8 Å². The Kier molecular flexibility index (Phi) is 8.35. The second-order valence-electron chi connectivity index (χ2n) is 9.07. The van der Waals surface area contributed by atoms with Crippen molar-refractivity contribution >= 4 is 28.3 Å². The molecule has 1 fully saturated rings. The third-order valence-corrected chi connectivity index (χ3v) is 6.79. The van der Waals surface area contributed by atoms with Gasteiger partial charge in [-0.1, -0.05) is 48.9 Å². The van der Waals surface area contributed by atoms with Gasteiger partial charge in [-0.25, -0.2) is 4.68 Å². The maximum Gasteiger partial charge on any atom is 0.274 e. The average molecular weight is 481 g/mol. The van der Waals surface area contributed by atoms with Crippen LogP contribution in [-0.2, 0) is 17.8 Å². The van der Waals surface area contributed by atoms with Crippen molar-refractivity contribution in [1.82, 2.24) is 20.0 Å². The van der Waals surface area contributed by atoms with Crippen LogP contribution in [-0.4, -0.2) is 46.3 Å².